The third kappa shape index (κ3) is 2.79. The summed E-state index contributed by atoms with van der Waals surface area (Å²) in [6.45, 7) is 4.09. The van der Waals surface area contributed by atoms with Crippen molar-refractivity contribution in [3.05, 3.63) is 29.8 Å². The van der Waals surface area contributed by atoms with E-state index in [4.69, 9.17) is 5.11 Å². The second-order valence-electron chi connectivity index (χ2n) is 4.85. The molecular formula is C14H21NO2. The van der Waals surface area contributed by atoms with Crippen LogP contribution in [0.4, 0.5) is 5.69 Å². The molecule has 1 aliphatic heterocycles. The summed E-state index contributed by atoms with van der Waals surface area (Å²) in [6, 6.07) is 8.04. The summed E-state index contributed by atoms with van der Waals surface area (Å²) >= 11 is 0. The van der Waals surface area contributed by atoms with E-state index in [-0.39, 0.29) is 6.61 Å². The monoisotopic (exact) mass is 235 g/mol. The van der Waals surface area contributed by atoms with Crippen molar-refractivity contribution in [1.29, 1.82) is 0 Å². The van der Waals surface area contributed by atoms with Crippen LogP contribution < -0.4 is 4.90 Å². The zero-order chi connectivity index (χ0) is 12.3. The van der Waals surface area contributed by atoms with Crippen molar-refractivity contribution in [2.75, 3.05) is 24.6 Å². The van der Waals surface area contributed by atoms with E-state index < -0.39 is 6.10 Å². The normalized spacial score (nSPS) is 21.8. The molecule has 3 nitrogen and oxygen atoms in total. The first-order chi connectivity index (χ1) is 8.22. The predicted octanol–water partition coefficient (Wildman–Crippen LogP) is 1.95. The summed E-state index contributed by atoms with van der Waals surface area (Å²) in [5.74, 6) is 0.585. The van der Waals surface area contributed by atoms with Crippen LogP contribution in [0, 0.1) is 5.92 Å². The highest BCUT2D eigenvalue weighted by atomic mass is 16.3. The number of aliphatic hydroxyl groups excluding tert-OH is 2. The molecule has 2 rings (SSSR count). The van der Waals surface area contributed by atoms with E-state index in [1.807, 2.05) is 18.2 Å². The fraction of sp³-hybridized carbons (Fsp3) is 0.571. The molecule has 0 saturated carbocycles. The Hall–Kier alpha value is -1.06. The average molecular weight is 235 g/mol. The van der Waals surface area contributed by atoms with Crippen molar-refractivity contribution >= 4 is 5.69 Å². The molecule has 1 fully saturated rings. The lowest BCUT2D eigenvalue weighted by Gasteiger charge is -2.23. The number of aliphatic hydroxyl groups is 2. The van der Waals surface area contributed by atoms with Crippen LogP contribution >= 0.6 is 0 Å². The van der Waals surface area contributed by atoms with Gasteiger partial charge in [0, 0.05) is 30.9 Å². The molecule has 0 radical (unpaired) electrons. The van der Waals surface area contributed by atoms with E-state index in [1.54, 1.807) is 6.92 Å². The first kappa shape index (κ1) is 12.4. The van der Waals surface area contributed by atoms with E-state index in [1.165, 1.54) is 0 Å². The number of rotatable bonds is 4. The molecule has 0 aromatic heterocycles. The van der Waals surface area contributed by atoms with Crippen LogP contribution in [0.25, 0.3) is 0 Å². The fourth-order valence-electron chi connectivity index (χ4n) is 2.60. The second-order valence-corrected chi connectivity index (χ2v) is 4.85. The fourth-order valence-corrected chi connectivity index (χ4v) is 2.60. The smallest absolute Gasteiger partial charge is 0.0781 e. The third-order valence-electron chi connectivity index (χ3n) is 3.55. The predicted molar refractivity (Wildman–Crippen MR) is 69.1 cm³/mol. The highest BCUT2D eigenvalue weighted by molar-refractivity contribution is 5.55. The second kappa shape index (κ2) is 5.52. The lowest BCUT2D eigenvalue weighted by Crippen LogP contribution is -2.21. The molecule has 0 aliphatic carbocycles. The average Bonchev–Trinajstić information content (AvgIpc) is 2.78. The molecule has 0 bridgehead atoms. The molecule has 1 aliphatic rings. The van der Waals surface area contributed by atoms with Crippen molar-refractivity contribution < 1.29 is 10.2 Å². The Morgan fingerprint density at radius 2 is 2.18 bits per heavy atom. The molecule has 94 valence electrons. The van der Waals surface area contributed by atoms with Gasteiger partial charge in [-0.25, -0.2) is 0 Å². The lowest BCUT2D eigenvalue weighted by atomic mass is 10.1. The number of para-hydroxylation sites is 1. The molecule has 1 heterocycles. The molecule has 2 atom stereocenters. The first-order valence-electron chi connectivity index (χ1n) is 6.35. The molecule has 17 heavy (non-hydrogen) atoms. The largest absolute Gasteiger partial charge is 0.396 e. The Morgan fingerprint density at radius 3 is 2.88 bits per heavy atom. The van der Waals surface area contributed by atoms with Crippen molar-refractivity contribution in [1.82, 2.24) is 0 Å². The van der Waals surface area contributed by atoms with Gasteiger partial charge in [-0.3, -0.25) is 0 Å². The molecule has 0 amide bonds. The molecular weight excluding hydrogens is 214 g/mol. The first-order valence-corrected chi connectivity index (χ1v) is 6.35. The maximum Gasteiger partial charge on any atom is 0.0781 e. The van der Waals surface area contributed by atoms with Crippen LogP contribution in [0.1, 0.15) is 31.4 Å². The number of hydrogen-bond acceptors (Lipinski definition) is 3. The molecule has 1 unspecified atom stereocenters. The summed E-state index contributed by atoms with van der Waals surface area (Å²) in [5, 5.41) is 18.7. The summed E-state index contributed by atoms with van der Waals surface area (Å²) in [7, 11) is 0. The third-order valence-corrected chi connectivity index (χ3v) is 3.55. The van der Waals surface area contributed by atoms with Crippen LogP contribution in [-0.2, 0) is 0 Å². The van der Waals surface area contributed by atoms with E-state index >= 15 is 0 Å². The molecule has 3 heteroatoms. The van der Waals surface area contributed by atoms with Gasteiger partial charge in [0.1, 0.15) is 0 Å². The van der Waals surface area contributed by atoms with E-state index in [2.05, 4.69) is 11.0 Å². The Bertz CT molecular complexity index is 365. The van der Waals surface area contributed by atoms with E-state index in [0.717, 1.165) is 37.2 Å². The minimum atomic E-state index is -0.428. The maximum absolute atomic E-state index is 9.77. The number of hydrogen-bond donors (Lipinski definition) is 2. The van der Waals surface area contributed by atoms with Gasteiger partial charge in [-0.1, -0.05) is 18.2 Å². The van der Waals surface area contributed by atoms with Gasteiger partial charge >= 0.3 is 0 Å². The van der Waals surface area contributed by atoms with Crippen LogP contribution in [0.2, 0.25) is 0 Å². The topological polar surface area (TPSA) is 43.7 Å². The van der Waals surface area contributed by atoms with Crippen molar-refractivity contribution in [3.63, 3.8) is 0 Å². The SMILES string of the molecule is C[C@@H](O)c1ccccc1N1CCC(CCO)C1. The van der Waals surface area contributed by atoms with Crippen LogP contribution in [-0.4, -0.2) is 29.9 Å². The Morgan fingerprint density at radius 1 is 1.41 bits per heavy atom. The molecule has 1 aromatic carbocycles. The molecule has 1 aromatic rings. The highest BCUT2D eigenvalue weighted by Gasteiger charge is 2.24. The van der Waals surface area contributed by atoms with E-state index in [9.17, 15) is 5.11 Å². The maximum atomic E-state index is 9.77. The zero-order valence-electron chi connectivity index (χ0n) is 10.3. The number of nitrogens with zero attached hydrogens (tertiary/aromatic N) is 1. The lowest BCUT2D eigenvalue weighted by molar-refractivity contribution is 0.199. The minimum Gasteiger partial charge on any atom is -0.396 e. The van der Waals surface area contributed by atoms with Crippen LogP contribution in [0.5, 0.6) is 0 Å². The van der Waals surface area contributed by atoms with Crippen molar-refractivity contribution in [2.45, 2.75) is 25.9 Å². The van der Waals surface area contributed by atoms with Gasteiger partial charge in [0.2, 0.25) is 0 Å². The van der Waals surface area contributed by atoms with Gasteiger partial charge in [-0.2, -0.15) is 0 Å². The zero-order valence-corrected chi connectivity index (χ0v) is 10.3. The molecule has 2 N–H and O–H groups in total. The number of anilines is 1. The highest BCUT2D eigenvalue weighted by Crippen LogP contribution is 2.31. The van der Waals surface area contributed by atoms with Crippen molar-refractivity contribution in [2.24, 2.45) is 5.92 Å². The van der Waals surface area contributed by atoms with Crippen molar-refractivity contribution in [3.8, 4) is 0 Å². The standard InChI is InChI=1S/C14H21NO2/c1-11(17)13-4-2-3-5-14(13)15-8-6-12(10-15)7-9-16/h2-5,11-12,16-17H,6-10H2,1H3/t11-,12?/m1/s1. The van der Waals surface area contributed by atoms with Gasteiger partial charge < -0.3 is 15.1 Å². The number of benzene rings is 1. The summed E-state index contributed by atoms with van der Waals surface area (Å²) in [6.07, 6.45) is 1.59. The van der Waals surface area contributed by atoms with Crippen LogP contribution in [0.15, 0.2) is 24.3 Å². The quantitative estimate of drug-likeness (QED) is 0.838. The summed E-state index contributed by atoms with van der Waals surface area (Å²) in [5.41, 5.74) is 2.14. The van der Waals surface area contributed by atoms with Gasteiger partial charge in [-0.15, -0.1) is 0 Å². The Labute approximate surface area is 103 Å². The Balaban J connectivity index is 2.13. The summed E-state index contributed by atoms with van der Waals surface area (Å²) < 4.78 is 0. The van der Waals surface area contributed by atoms with Crippen LogP contribution in [0.3, 0.4) is 0 Å². The van der Waals surface area contributed by atoms with Gasteiger partial charge in [0.15, 0.2) is 0 Å². The molecule has 1 saturated heterocycles. The minimum absolute atomic E-state index is 0.274. The van der Waals surface area contributed by atoms with Gasteiger partial charge in [0.25, 0.3) is 0 Å². The van der Waals surface area contributed by atoms with E-state index in [0.29, 0.717) is 5.92 Å². The summed E-state index contributed by atoms with van der Waals surface area (Å²) in [4.78, 5) is 2.32. The van der Waals surface area contributed by atoms with Gasteiger partial charge in [0.05, 0.1) is 6.10 Å². The van der Waals surface area contributed by atoms with Gasteiger partial charge in [-0.05, 0) is 31.7 Å². The molecule has 0 spiro atoms. The Kier molecular flexibility index (Phi) is 4.02.